The molecule has 1 saturated carbocycles. The third-order valence-electron chi connectivity index (χ3n) is 6.04. The van der Waals surface area contributed by atoms with Gasteiger partial charge in [0, 0.05) is 43.8 Å². The summed E-state index contributed by atoms with van der Waals surface area (Å²) in [7, 11) is -2.40. The molecule has 1 amide bonds. The molecule has 2 fully saturated rings. The summed E-state index contributed by atoms with van der Waals surface area (Å²) in [6.45, 7) is 9.53. The van der Waals surface area contributed by atoms with Crippen LogP contribution in [0.2, 0.25) is 0 Å². The molecule has 1 heterocycles. The van der Waals surface area contributed by atoms with Crippen LogP contribution in [0.4, 0.5) is 0 Å². The van der Waals surface area contributed by atoms with E-state index in [1.165, 1.54) is 45.3 Å². The number of nitrogens with one attached hydrogen (secondary N) is 1. The molecule has 0 radical (unpaired) electrons. The maximum absolute atomic E-state index is 13.1. The van der Waals surface area contributed by atoms with Crippen LogP contribution in [0.3, 0.4) is 0 Å². The largest absolute Gasteiger partial charge is 0.495 e. The lowest BCUT2D eigenvalue weighted by Crippen LogP contribution is -2.49. The molecule has 2 aliphatic rings. The SMILES string of the molecule is COc1ccc(C(=O)N2CCN(CC3CCCCC3)CC2)cc1S(=O)(=O)NC(C)(C)C. The van der Waals surface area contributed by atoms with Crippen LogP contribution >= 0.6 is 0 Å². The van der Waals surface area contributed by atoms with Crippen LogP contribution in [0, 0.1) is 5.92 Å². The number of carbonyl (C=O) groups is 1. The fourth-order valence-electron chi connectivity index (χ4n) is 4.53. The minimum Gasteiger partial charge on any atom is -0.495 e. The normalized spacial score (nSPS) is 19.4. The van der Waals surface area contributed by atoms with Gasteiger partial charge in [-0.3, -0.25) is 9.69 Å². The van der Waals surface area contributed by atoms with Gasteiger partial charge in [0.15, 0.2) is 0 Å². The average molecular weight is 452 g/mol. The summed E-state index contributed by atoms with van der Waals surface area (Å²) in [5.41, 5.74) is -0.269. The third-order valence-corrected chi connectivity index (χ3v) is 7.82. The first-order chi connectivity index (χ1) is 14.6. The van der Waals surface area contributed by atoms with E-state index in [1.54, 1.807) is 32.9 Å². The van der Waals surface area contributed by atoms with E-state index in [2.05, 4.69) is 9.62 Å². The van der Waals surface area contributed by atoms with Gasteiger partial charge in [0.2, 0.25) is 10.0 Å². The lowest BCUT2D eigenvalue weighted by molar-refractivity contribution is 0.0606. The lowest BCUT2D eigenvalue weighted by Gasteiger charge is -2.37. The maximum Gasteiger partial charge on any atom is 0.253 e. The van der Waals surface area contributed by atoms with Gasteiger partial charge in [-0.25, -0.2) is 13.1 Å². The summed E-state index contributed by atoms with van der Waals surface area (Å²) in [6, 6.07) is 4.64. The van der Waals surface area contributed by atoms with Gasteiger partial charge in [-0.1, -0.05) is 19.3 Å². The Labute approximate surface area is 187 Å². The van der Waals surface area contributed by atoms with Crippen LogP contribution < -0.4 is 9.46 Å². The fraction of sp³-hybridized carbons (Fsp3) is 0.696. The van der Waals surface area contributed by atoms with Crippen LogP contribution in [-0.4, -0.2) is 69.5 Å². The highest BCUT2D eigenvalue weighted by Gasteiger charge is 2.29. The zero-order chi connectivity index (χ0) is 22.6. The molecule has 1 saturated heterocycles. The smallest absolute Gasteiger partial charge is 0.253 e. The summed E-state index contributed by atoms with van der Waals surface area (Å²) < 4.78 is 33.7. The molecule has 0 unspecified atom stereocenters. The highest BCUT2D eigenvalue weighted by molar-refractivity contribution is 7.89. The Morgan fingerprint density at radius 3 is 2.32 bits per heavy atom. The van der Waals surface area contributed by atoms with Crippen molar-refractivity contribution in [3.8, 4) is 5.75 Å². The molecule has 174 valence electrons. The van der Waals surface area contributed by atoms with Gasteiger partial charge in [-0.15, -0.1) is 0 Å². The zero-order valence-corrected chi connectivity index (χ0v) is 20.1. The van der Waals surface area contributed by atoms with Gasteiger partial charge in [-0.2, -0.15) is 0 Å². The van der Waals surface area contributed by atoms with E-state index in [9.17, 15) is 13.2 Å². The summed E-state index contributed by atoms with van der Waals surface area (Å²) >= 11 is 0. The molecule has 1 aliphatic carbocycles. The van der Waals surface area contributed by atoms with Crippen molar-refractivity contribution in [2.45, 2.75) is 63.3 Å². The van der Waals surface area contributed by atoms with Gasteiger partial charge in [0.1, 0.15) is 10.6 Å². The Hall–Kier alpha value is -1.64. The molecule has 1 N–H and O–H groups in total. The van der Waals surface area contributed by atoms with E-state index in [4.69, 9.17) is 4.74 Å². The minimum atomic E-state index is -3.83. The predicted octanol–water partition coefficient (Wildman–Crippen LogP) is 3.11. The van der Waals surface area contributed by atoms with E-state index < -0.39 is 15.6 Å². The number of rotatable bonds is 6. The van der Waals surface area contributed by atoms with E-state index in [0.29, 0.717) is 18.7 Å². The fourth-order valence-corrected chi connectivity index (χ4v) is 6.14. The number of methoxy groups -OCH3 is 1. The summed E-state index contributed by atoms with van der Waals surface area (Å²) in [5.74, 6) is 0.887. The molecule has 1 aliphatic heterocycles. The second kappa shape index (κ2) is 9.88. The van der Waals surface area contributed by atoms with Gasteiger partial charge >= 0.3 is 0 Å². The van der Waals surface area contributed by atoms with E-state index in [0.717, 1.165) is 25.6 Å². The lowest BCUT2D eigenvalue weighted by atomic mass is 9.89. The number of hydrogen-bond acceptors (Lipinski definition) is 5. The predicted molar refractivity (Wildman–Crippen MR) is 122 cm³/mol. The first-order valence-electron chi connectivity index (χ1n) is 11.3. The number of piperazine rings is 1. The van der Waals surface area contributed by atoms with Crippen molar-refractivity contribution in [1.29, 1.82) is 0 Å². The van der Waals surface area contributed by atoms with Crippen LogP contribution in [-0.2, 0) is 10.0 Å². The van der Waals surface area contributed by atoms with Crippen LogP contribution in [0.5, 0.6) is 5.75 Å². The quantitative estimate of drug-likeness (QED) is 0.719. The van der Waals surface area contributed by atoms with Crippen molar-refractivity contribution in [3.63, 3.8) is 0 Å². The molecule has 8 heteroatoms. The Morgan fingerprint density at radius 2 is 1.74 bits per heavy atom. The Balaban J connectivity index is 1.68. The van der Waals surface area contributed by atoms with Crippen molar-refractivity contribution in [3.05, 3.63) is 23.8 Å². The second-order valence-electron chi connectivity index (χ2n) is 9.82. The highest BCUT2D eigenvalue weighted by atomic mass is 32.2. The van der Waals surface area contributed by atoms with Crippen molar-refractivity contribution in [2.24, 2.45) is 5.92 Å². The molecule has 1 aromatic carbocycles. The van der Waals surface area contributed by atoms with E-state index in [-0.39, 0.29) is 16.6 Å². The van der Waals surface area contributed by atoms with Gasteiger partial charge in [0.05, 0.1) is 7.11 Å². The number of nitrogens with zero attached hydrogens (tertiary/aromatic N) is 2. The average Bonchev–Trinajstić information content (AvgIpc) is 2.72. The Morgan fingerprint density at radius 1 is 1.10 bits per heavy atom. The molecule has 3 rings (SSSR count). The minimum absolute atomic E-state index is 0.00768. The highest BCUT2D eigenvalue weighted by Crippen LogP contribution is 2.27. The molecule has 0 aromatic heterocycles. The Kier molecular flexibility index (Phi) is 7.65. The first kappa shape index (κ1) is 24.0. The van der Waals surface area contributed by atoms with Crippen LogP contribution in [0.15, 0.2) is 23.1 Å². The Bertz CT molecular complexity index is 865. The third kappa shape index (κ3) is 6.43. The molecular weight excluding hydrogens is 414 g/mol. The van der Waals surface area contributed by atoms with E-state index in [1.807, 2.05) is 4.90 Å². The first-order valence-corrected chi connectivity index (χ1v) is 12.8. The van der Waals surface area contributed by atoms with Crippen LogP contribution in [0.25, 0.3) is 0 Å². The van der Waals surface area contributed by atoms with E-state index >= 15 is 0 Å². The van der Waals surface area contributed by atoms with Crippen molar-refractivity contribution in [1.82, 2.24) is 14.5 Å². The zero-order valence-electron chi connectivity index (χ0n) is 19.3. The molecule has 31 heavy (non-hydrogen) atoms. The molecule has 0 spiro atoms. The number of ether oxygens (including phenoxy) is 1. The van der Waals surface area contributed by atoms with Gasteiger partial charge in [-0.05, 0) is 57.7 Å². The van der Waals surface area contributed by atoms with Crippen molar-refractivity contribution >= 4 is 15.9 Å². The van der Waals surface area contributed by atoms with Crippen molar-refractivity contribution in [2.75, 3.05) is 39.8 Å². The number of amides is 1. The summed E-state index contributed by atoms with van der Waals surface area (Å²) in [5, 5.41) is 0. The molecule has 0 bridgehead atoms. The summed E-state index contributed by atoms with van der Waals surface area (Å²) in [6.07, 6.45) is 6.70. The molecule has 1 aromatic rings. The standard InChI is InChI=1S/C23H37N3O4S/c1-23(2,3)24-31(28,29)21-16-19(10-11-20(21)30-4)22(27)26-14-12-25(13-15-26)17-18-8-6-5-7-9-18/h10-11,16,18,24H,5-9,12-15,17H2,1-4H3. The second-order valence-corrected chi connectivity index (χ2v) is 11.5. The topological polar surface area (TPSA) is 79.0 Å². The number of carbonyl (C=O) groups excluding carboxylic acids is 1. The maximum atomic E-state index is 13.1. The number of hydrogen-bond donors (Lipinski definition) is 1. The number of sulfonamides is 1. The molecule has 0 atom stereocenters. The summed E-state index contributed by atoms with van der Waals surface area (Å²) in [4.78, 5) is 17.4. The van der Waals surface area contributed by atoms with Gasteiger partial charge in [0.25, 0.3) is 5.91 Å². The van der Waals surface area contributed by atoms with Gasteiger partial charge < -0.3 is 9.64 Å². The monoisotopic (exact) mass is 451 g/mol. The molecule has 7 nitrogen and oxygen atoms in total. The molecular formula is C23H37N3O4S. The van der Waals surface area contributed by atoms with Crippen molar-refractivity contribution < 1.29 is 17.9 Å². The van der Waals surface area contributed by atoms with Crippen LogP contribution in [0.1, 0.15) is 63.2 Å². The number of benzene rings is 1.